The lowest BCUT2D eigenvalue weighted by atomic mass is 9.91. The van der Waals surface area contributed by atoms with Gasteiger partial charge in [-0.3, -0.25) is 24.0 Å². The Morgan fingerprint density at radius 3 is 2.17 bits per heavy atom. The van der Waals surface area contributed by atoms with E-state index in [1.807, 2.05) is 0 Å². The lowest BCUT2D eigenvalue weighted by Crippen LogP contribution is -2.45. The Kier molecular flexibility index (Phi) is 9.50. The van der Waals surface area contributed by atoms with Crippen molar-refractivity contribution in [2.75, 3.05) is 0 Å². The van der Waals surface area contributed by atoms with Crippen LogP contribution in [0, 0.1) is 11.8 Å². The lowest BCUT2D eigenvalue weighted by molar-refractivity contribution is -0.144. The van der Waals surface area contributed by atoms with Crippen molar-refractivity contribution in [1.29, 1.82) is 0 Å². The lowest BCUT2D eigenvalue weighted by Gasteiger charge is -2.20. The molecule has 0 bridgehead atoms. The molecule has 1 aromatic carbocycles. The Hall–Kier alpha value is -3.23. The quantitative estimate of drug-likeness (QED) is 0.375. The molecule has 0 fully saturated rings. The zero-order chi connectivity index (χ0) is 22.0. The Balaban J connectivity index is 2.82. The Morgan fingerprint density at radius 2 is 1.66 bits per heavy atom. The Bertz CT molecular complexity index is 748. The maximum atomic E-state index is 12.6. The van der Waals surface area contributed by atoms with Gasteiger partial charge in [-0.1, -0.05) is 37.3 Å². The van der Waals surface area contributed by atoms with Gasteiger partial charge in [0.2, 0.25) is 11.8 Å². The summed E-state index contributed by atoms with van der Waals surface area (Å²) in [6, 6.07) is 7.39. The number of primary amides is 1. The minimum Gasteiger partial charge on any atom is -0.481 e. The smallest absolute Gasteiger partial charge is 0.307 e. The third kappa shape index (κ3) is 9.00. The molecule has 0 aliphatic rings. The number of ketones is 1. The number of benzene rings is 1. The summed E-state index contributed by atoms with van der Waals surface area (Å²) in [5, 5.41) is 20.9. The number of hydrogen-bond acceptors (Lipinski definition) is 5. The molecule has 29 heavy (non-hydrogen) atoms. The molecule has 0 spiro atoms. The van der Waals surface area contributed by atoms with Gasteiger partial charge in [0.15, 0.2) is 5.78 Å². The summed E-state index contributed by atoms with van der Waals surface area (Å²) in [6.07, 6.45) is -0.848. The zero-order valence-electron chi connectivity index (χ0n) is 16.2. The predicted octanol–water partition coefficient (Wildman–Crippen LogP) is 0.750. The normalized spacial score (nSPS) is 13.7. The second-order valence-corrected chi connectivity index (χ2v) is 6.96. The van der Waals surface area contributed by atoms with Gasteiger partial charge in [-0.25, -0.2) is 0 Å². The van der Waals surface area contributed by atoms with Gasteiger partial charge in [0, 0.05) is 18.8 Å². The molecule has 9 nitrogen and oxygen atoms in total. The van der Waals surface area contributed by atoms with E-state index in [2.05, 4.69) is 5.32 Å². The van der Waals surface area contributed by atoms with E-state index in [9.17, 15) is 29.1 Å². The molecule has 0 aromatic heterocycles. The highest BCUT2D eigenvalue weighted by atomic mass is 16.4. The van der Waals surface area contributed by atoms with Crippen molar-refractivity contribution in [3.05, 3.63) is 35.9 Å². The van der Waals surface area contributed by atoms with Crippen LogP contribution in [-0.4, -0.2) is 45.8 Å². The van der Waals surface area contributed by atoms with E-state index in [-0.39, 0.29) is 19.3 Å². The molecule has 0 saturated carbocycles. The SMILES string of the molecule is C[C@@H](CCC(N)=O)C(=O)N[C@@H](CC(=O)O)C(=O)C[C@@H](Cc1ccccc1)C(=O)O. The van der Waals surface area contributed by atoms with Gasteiger partial charge in [-0.05, 0) is 18.4 Å². The highest BCUT2D eigenvalue weighted by Gasteiger charge is 2.30. The third-order valence-corrected chi connectivity index (χ3v) is 4.48. The van der Waals surface area contributed by atoms with Crippen LogP contribution in [0.3, 0.4) is 0 Å². The fourth-order valence-corrected chi connectivity index (χ4v) is 2.75. The summed E-state index contributed by atoms with van der Waals surface area (Å²) in [5.74, 6) is -6.04. The van der Waals surface area contributed by atoms with Crippen molar-refractivity contribution in [2.45, 2.75) is 45.1 Å². The number of carbonyl (C=O) groups excluding carboxylic acids is 3. The topological polar surface area (TPSA) is 164 Å². The van der Waals surface area contributed by atoms with Crippen LogP contribution in [0.15, 0.2) is 30.3 Å². The van der Waals surface area contributed by atoms with E-state index in [4.69, 9.17) is 10.8 Å². The molecule has 1 aromatic rings. The molecule has 0 saturated heterocycles. The predicted molar refractivity (Wildman–Crippen MR) is 103 cm³/mol. The van der Waals surface area contributed by atoms with E-state index >= 15 is 0 Å². The van der Waals surface area contributed by atoms with Crippen molar-refractivity contribution in [3.8, 4) is 0 Å². The van der Waals surface area contributed by atoms with Crippen LogP contribution >= 0.6 is 0 Å². The number of carboxylic acids is 2. The molecule has 0 unspecified atom stereocenters. The highest BCUT2D eigenvalue weighted by Crippen LogP contribution is 2.16. The molecule has 0 heterocycles. The molecular formula is C20H26N2O7. The van der Waals surface area contributed by atoms with Crippen LogP contribution in [0.2, 0.25) is 0 Å². The van der Waals surface area contributed by atoms with Crippen molar-refractivity contribution in [2.24, 2.45) is 17.6 Å². The molecule has 9 heteroatoms. The number of aliphatic carboxylic acids is 2. The molecule has 3 atom stereocenters. The summed E-state index contributed by atoms with van der Waals surface area (Å²) < 4.78 is 0. The van der Waals surface area contributed by atoms with Crippen LogP contribution in [0.4, 0.5) is 0 Å². The molecular weight excluding hydrogens is 380 g/mol. The highest BCUT2D eigenvalue weighted by molar-refractivity contribution is 5.94. The van der Waals surface area contributed by atoms with E-state index < -0.39 is 60.3 Å². The first-order chi connectivity index (χ1) is 13.6. The number of Topliss-reactive ketones (excluding diaryl/α,β-unsaturated/α-hetero) is 1. The molecule has 5 N–H and O–H groups in total. The molecule has 158 valence electrons. The number of hydrogen-bond donors (Lipinski definition) is 4. The van der Waals surface area contributed by atoms with Crippen LogP contribution in [0.1, 0.15) is 38.2 Å². The van der Waals surface area contributed by atoms with Gasteiger partial charge in [-0.2, -0.15) is 0 Å². The van der Waals surface area contributed by atoms with Gasteiger partial charge in [-0.15, -0.1) is 0 Å². The molecule has 0 aliphatic carbocycles. The summed E-state index contributed by atoms with van der Waals surface area (Å²) in [6.45, 7) is 1.52. The van der Waals surface area contributed by atoms with Crippen molar-refractivity contribution < 1.29 is 34.2 Å². The Labute approximate surface area is 168 Å². The van der Waals surface area contributed by atoms with Crippen LogP contribution in [0.25, 0.3) is 0 Å². The van der Waals surface area contributed by atoms with Crippen LogP contribution < -0.4 is 11.1 Å². The summed E-state index contributed by atoms with van der Waals surface area (Å²) in [5.41, 5.74) is 5.77. The average molecular weight is 406 g/mol. The third-order valence-electron chi connectivity index (χ3n) is 4.48. The monoisotopic (exact) mass is 406 g/mol. The molecule has 2 amide bonds. The van der Waals surface area contributed by atoms with Crippen LogP contribution in [-0.2, 0) is 30.4 Å². The first-order valence-electron chi connectivity index (χ1n) is 9.20. The van der Waals surface area contributed by atoms with Gasteiger partial charge in [0.25, 0.3) is 0 Å². The van der Waals surface area contributed by atoms with Crippen molar-refractivity contribution >= 4 is 29.5 Å². The number of carbonyl (C=O) groups is 5. The van der Waals surface area contributed by atoms with E-state index in [1.54, 1.807) is 30.3 Å². The van der Waals surface area contributed by atoms with Gasteiger partial charge in [0.05, 0.1) is 18.4 Å². The van der Waals surface area contributed by atoms with Gasteiger partial charge >= 0.3 is 11.9 Å². The summed E-state index contributed by atoms with van der Waals surface area (Å²) >= 11 is 0. The fourth-order valence-electron chi connectivity index (χ4n) is 2.75. The van der Waals surface area contributed by atoms with Crippen LogP contribution in [0.5, 0.6) is 0 Å². The maximum absolute atomic E-state index is 12.6. The fraction of sp³-hybridized carbons (Fsp3) is 0.450. The largest absolute Gasteiger partial charge is 0.481 e. The first kappa shape index (κ1) is 23.8. The minimum atomic E-state index is -1.35. The minimum absolute atomic E-state index is 0.0235. The summed E-state index contributed by atoms with van der Waals surface area (Å²) in [7, 11) is 0. The number of carboxylic acid groups (broad SMARTS) is 2. The van der Waals surface area contributed by atoms with E-state index in [0.717, 1.165) is 5.56 Å². The number of amides is 2. The number of rotatable bonds is 13. The van der Waals surface area contributed by atoms with Gasteiger partial charge < -0.3 is 21.3 Å². The maximum Gasteiger partial charge on any atom is 0.307 e. The van der Waals surface area contributed by atoms with E-state index in [1.165, 1.54) is 6.92 Å². The second-order valence-electron chi connectivity index (χ2n) is 6.96. The number of nitrogens with two attached hydrogens (primary N) is 1. The molecule has 1 rings (SSSR count). The zero-order valence-corrected chi connectivity index (χ0v) is 16.2. The van der Waals surface area contributed by atoms with Gasteiger partial charge in [0.1, 0.15) is 0 Å². The first-order valence-corrected chi connectivity index (χ1v) is 9.20. The molecule has 0 radical (unpaired) electrons. The van der Waals surface area contributed by atoms with Crippen molar-refractivity contribution in [3.63, 3.8) is 0 Å². The second kappa shape index (κ2) is 11.6. The standard InChI is InChI=1S/C20H26N2O7/c1-12(7-8-17(21)24)19(27)22-15(11-18(25)26)16(23)10-14(20(28)29)9-13-5-3-2-4-6-13/h2-6,12,14-15H,7-11H2,1H3,(H2,21,24)(H,22,27)(H,25,26)(H,28,29)/t12-,14+,15-/m0/s1. The average Bonchev–Trinajstić information content (AvgIpc) is 2.65. The Morgan fingerprint density at radius 1 is 1.03 bits per heavy atom. The molecule has 0 aliphatic heterocycles. The van der Waals surface area contributed by atoms with Crippen molar-refractivity contribution in [1.82, 2.24) is 5.32 Å². The van der Waals surface area contributed by atoms with E-state index in [0.29, 0.717) is 0 Å². The number of nitrogens with one attached hydrogen (secondary N) is 1. The summed E-state index contributed by atoms with van der Waals surface area (Å²) in [4.78, 5) is 58.3.